The van der Waals surface area contributed by atoms with Gasteiger partial charge in [-0.2, -0.15) is 0 Å². The van der Waals surface area contributed by atoms with Crippen molar-refractivity contribution in [2.75, 3.05) is 26.7 Å². The predicted octanol–water partition coefficient (Wildman–Crippen LogP) is 0.974. The zero-order valence-corrected chi connectivity index (χ0v) is 11.1. The van der Waals surface area contributed by atoms with Crippen LogP contribution in [0.25, 0.3) is 0 Å². The zero-order chi connectivity index (χ0) is 13.2. The third-order valence-corrected chi connectivity index (χ3v) is 2.86. The van der Waals surface area contributed by atoms with Crippen LogP contribution in [0, 0.1) is 0 Å². The normalized spacial score (nSPS) is 10.6. The van der Waals surface area contributed by atoms with Gasteiger partial charge in [-0.05, 0) is 25.1 Å². The maximum Gasteiger partial charge on any atom is 0.221 e. The topological polar surface area (TPSA) is 58.4 Å². The van der Waals surface area contributed by atoms with Gasteiger partial charge >= 0.3 is 0 Å². The van der Waals surface area contributed by atoms with Crippen LogP contribution in [0.1, 0.15) is 18.4 Å². The van der Waals surface area contributed by atoms with E-state index in [1.807, 2.05) is 18.2 Å². The maximum absolute atomic E-state index is 11.3. The summed E-state index contributed by atoms with van der Waals surface area (Å²) >= 11 is 0. The van der Waals surface area contributed by atoms with Gasteiger partial charge in [0.2, 0.25) is 5.91 Å². The van der Waals surface area contributed by atoms with Crippen LogP contribution in [0.4, 0.5) is 0 Å². The molecule has 0 aliphatic rings. The van der Waals surface area contributed by atoms with E-state index in [1.54, 1.807) is 7.05 Å². The maximum atomic E-state index is 11.3. The highest BCUT2D eigenvalue weighted by atomic mass is 16.1. The number of nitrogens with two attached hydrogens (primary N) is 1. The molecule has 4 heteroatoms. The largest absolute Gasteiger partial charge is 0.359 e. The van der Waals surface area contributed by atoms with Crippen LogP contribution in [0.3, 0.4) is 0 Å². The molecule has 0 saturated carbocycles. The van der Waals surface area contributed by atoms with Gasteiger partial charge in [-0.25, -0.2) is 0 Å². The molecule has 0 aromatic heterocycles. The van der Waals surface area contributed by atoms with Gasteiger partial charge in [-0.15, -0.1) is 0 Å². The van der Waals surface area contributed by atoms with Gasteiger partial charge in [-0.1, -0.05) is 30.3 Å². The Labute approximate surface area is 109 Å². The summed E-state index contributed by atoms with van der Waals surface area (Å²) < 4.78 is 0. The average Bonchev–Trinajstić information content (AvgIpc) is 2.42. The SMILES string of the molecule is CNC(=O)CCN(CCCN)Cc1ccccc1. The molecule has 0 fully saturated rings. The lowest BCUT2D eigenvalue weighted by Crippen LogP contribution is -2.30. The Morgan fingerprint density at radius 3 is 2.61 bits per heavy atom. The van der Waals surface area contributed by atoms with E-state index in [0.717, 1.165) is 26.1 Å². The van der Waals surface area contributed by atoms with Gasteiger partial charge in [0.25, 0.3) is 0 Å². The first kappa shape index (κ1) is 14.7. The highest BCUT2D eigenvalue weighted by molar-refractivity contribution is 5.75. The fourth-order valence-electron chi connectivity index (χ4n) is 1.81. The molecule has 1 aromatic carbocycles. The van der Waals surface area contributed by atoms with Crippen LogP contribution in [-0.2, 0) is 11.3 Å². The van der Waals surface area contributed by atoms with Crippen molar-refractivity contribution in [2.24, 2.45) is 5.73 Å². The second-order valence-corrected chi connectivity index (χ2v) is 4.33. The van der Waals surface area contributed by atoms with Crippen molar-refractivity contribution in [3.8, 4) is 0 Å². The molecule has 3 N–H and O–H groups in total. The Balaban J connectivity index is 2.47. The van der Waals surface area contributed by atoms with E-state index in [9.17, 15) is 4.79 Å². The van der Waals surface area contributed by atoms with E-state index in [1.165, 1.54) is 5.56 Å². The number of hydrogen-bond donors (Lipinski definition) is 2. The molecule has 0 bridgehead atoms. The molecule has 0 spiro atoms. The van der Waals surface area contributed by atoms with E-state index < -0.39 is 0 Å². The number of rotatable bonds is 8. The van der Waals surface area contributed by atoms with Crippen molar-refractivity contribution in [1.29, 1.82) is 0 Å². The standard InChI is InChI=1S/C14H23N3O/c1-16-14(18)8-11-17(10-5-9-15)12-13-6-3-2-4-7-13/h2-4,6-7H,5,8-12,15H2,1H3,(H,16,18). The van der Waals surface area contributed by atoms with Gasteiger partial charge in [0, 0.05) is 26.6 Å². The van der Waals surface area contributed by atoms with Crippen molar-refractivity contribution in [3.63, 3.8) is 0 Å². The molecular formula is C14H23N3O. The molecule has 0 atom stereocenters. The summed E-state index contributed by atoms with van der Waals surface area (Å²) in [7, 11) is 1.67. The Bertz CT molecular complexity index is 340. The first-order valence-electron chi connectivity index (χ1n) is 6.43. The molecule has 1 amide bonds. The molecule has 0 radical (unpaired) electrons. The third-order valence-electron chi connectivity index (χ3n) is 2.86. The van der Waals surface area contributed by atoms with E-state index in [2.05, 4.69) is 22.3 Å². The third kappa shape index (κ3) is 5.80. The van der Waals surface area contributed by atoms with Crippen molar-refractivity contribution >= 4 is 5.91 Å². The molecule has 0 saturated heterocycles. The number of nitrogens with one attached hydrogen (secondary N) is 1. The number of amides is 1. The highest BCUT2D eigenvalue weighted by Gasteiger charge is 2.07. The predicted molar refractivity (Wildman–Crippen MR) is 74.1 cm³/mol. The number of benzene rings is 1. The van der Waals surface area contributed by atoms with E-state index in [4.69, 9.17) is 5.73 Å². The molecule has 0 heterocycles. The first-order chi connectivity index (χ1) is 8.76. The van der Waals surface area contributed by atoms with Crippen molar-refractivity contribution in [3.05, 3.63) is 35.9 Å². The van der Waals surface area contributed by atoms with Crippen LogP contribution in [-0.4, -0.2) is 37.5 Å². The number of nitrogens with zero attached hydrogens (tertiary/aromatic N) is 1. The van der Waals surface area contributed by atoms with Crippen LogP contribution < -0.4 is 11.1 Å². The molecule has 0 aliphatic carbocycles. The molecule has 100 valence electrons. The van der Waals surface area contributed by atoms with Crippen molar-refractivity contribution in [1.82, 2.24) is 10.2 Å². The molecular weight excluding hydrogens is 226 g/mol. The van der Waals surface area contributed by atoms with Gasteiger partial charge in [0.05, 0.1) is 0 Å². The van der Waals surface area contributed by atoms with Crippen LogP contribution in [0.2, 0.25) is 0 Å². The summed E-state index contributed by atoms with van der Waals surface area (Å²) in [6, 6.07) is 10.3. The van der Waals surface area contributed by atoms with E-state index in [0.29, 0.717) is 13.0 Å². The summed E-state index contributed by atoms with van der Waals surface area (Å²) in [6.45, 7) is 3.26. The molecule has 1 rings (SSSR count). The second-order valence-electron chi connectivity index (χ2n) is 4.33. The molecule has 18 heavy (non-hydrogen) atoms. The summed E-state index contributed by atoms with van der Waals surface area (Å²) in [4.78, 5) is 13.6. The second kappa shape index (κ2) is 8.66. The van der Waals surface area contributed by atoms with Gasteiger partial charge < -0.3 is 11.1 Å². The van der Waals surface area contributed by atoms with Crippen molar-refractivity contribution < 1.29 is 4.79 Å². The fraction of sp³-hybridized carbons (Fsp3) is 0.500. The smallest absolute Gasteiger partial charge is 0.221 e. The lowest BCUT2D eigenvalue weighted by atomic mass is 10.2. The van der Waals surface area contributed by atoms with Gasteiger partial charge in [0.15, 0.2) is 0 Å². The van der Waals surface area contributed by atoms with Crippen LogP contribution >= 0.6 is 0 Å². The van der Waals surface area contributed by atoms with Gasteiger partial charge in [-0.3, -0.25) is 9.69 Å². The van der Waals surface area contributed by atoms with E-state index in [-0.39, 0.29) is 5.91 Å². The Kier molecular flexibility index (Phi) is 7.06. The number of carbonyl (C=O) groups is 1. The quantitative estimate of drug-likeness (QED) is 0.722. The highest BCUT2D eigenvalue weighted by Crippen LogP contribution is 2.05. The number of hydrogen-bond acceptors (Lipinski definition) is 3. The van der Waals surface area contributed by atoms with Gasteiger partial charge in [0.1, 0.15) is 0 Å². The first-order valence-corrected chi connectivity index (χ1v) is 6.43. The van der Waals surface area contributed by atoms with E-state index >= 15 is 0 Å². The summed E-state index contributed by atoms with van der Waals surface area (Å²) in [5.74, 6) is 0.0841. The number of carbonyl (C=O) groups excluding carboxylic acids is 1. The zero-order valence-electron chi connectivity index (χ0n) is 11.1. The van der Waals surface area contributed by atoms with Crippen molar-refractivity contribution in [2.45, 2.75) is 19.4 Å². The molecule has 0 aliphatic heterocycles. The Morgan fingerprint density at radius 1 is 1.28 bits per heavy atom. The summed E-state index contributed by atoms with van der Waals surface area (Å²) in [5.41, 5.74) is 6.82. The average molecular weight is 249 g/mol. The minimum absolute atomic E-state index is 0.0841. The lowest BCUT2D eigenvalue weighted by molar-refractivity contribution is -0.120. The minimum atomic E-state index is 0.0841. The minimum Gasteiger partial charge on any atom is -0.359 e. The fourth-order valence-corrected chi connectivity index (χ4v) is 1.81. The van der Waals surface area contributed by atoms with Crippen LogP contribution in [0.5, 0.6) is 0 Å². The van der Waals surface area contributed by atoms with Crippen LogP contribution in [0.15, 0.2) is 30.3 Å². The summed E-state index contributed by atoms with van der Waals surface area (Å²) in [6.07, 6.45) is 1.49. The summed E-state index contributed by atoms with van der Waals surface area (Å²) in [5, 5.41) is 2.65. The lowest BCUT2D eigenvalue weighted by Gasteiger charge is -2.21. The molecule has 0 unspecified atom stereocenters. The molecule has 4 nitrogen and oxygen atoms in total. The Morgan fingerprint density at radius 2 is 2.00 bits per heavy atom. The Hall–Kier alpha value is -1.39. The monoisotopic (exact) mass is 249 g/mol. The molecule has 1 aromatic rings.